The zero-order valence-electron chi connectivity index (χ0n) is 8.40. The lowest BCUT2D eigenvalue weighted by Crippen LogP contribution is -2.52. The molecule has 0 aromatic heterocycles. The molecule has 0 aliphatic carbocycles. The molecule has 1 rings (SSSR count). The molecule has 5 nitrogen and oxygen atoms in total. The van der Waals surface area contributed by atoms with Crippen LogP contribution in [-0.4, -0.2) is 60.0 Å². The summed E-state index contributed by atoms with van der Waals surface area (Å²) in [6.07, 6.45) is 1.42. The quantitative estimate of drug-likeness (QED) is 0.596. The van der Waals surface area contributed by atoms with E-state index in [-0.39, 0.29) is 31.5 Å². The Kier molecular flexibility index (Phi) is 3.88. The predicted octanol–water partition coefficient (Wildman–Crippen LogP) is -0.940. The average Bonchev–Trinajstić information content (AvgIpc) is 2.14. The van der Waals surface area contributed by atoms with Crippen molar-refractivity contribution in [3.05, 3.63) is 0 Å². The molecule has 0 bridgehead atoms. The number of likely N-dealkylation sites (N-methyl/N-ethyl adjacent to an activating group) is 1. The first-order valence-electron chi connectivity index (χ1n) is 4.77. The Labute approximate surface area is 83.3 Å². The van der Waals surface area contributed by atoms with Crippen LogP contribution in [0.25, 0.3) is 0 Å². The molecule has 5 heteroatoms. The van der Waals surface area contributed by atoms with Gasteiger partial charge in [0.1, 0.15) is 0 Å². The number of rotatable bonds is 4. The standard InChI is InChI=1S/C9H16N2O3/c1-10-6-9(14)11(7-8(10)13)4-2-3-5-12/h12H,2-7H2,1H3. The second-order valence-corrected chi connectivity index (χ2v) is 3.50. The number of hydrogen-bond acceptors (Lipinski definition) is 3. The number of piperazine rings is 1. The normalized spacial score (nSPS) is 17.9. The molecule has 0 radical (unpaired) electrons. The number of carbonyl (C=O) groups excluding carboxylic acids is 2. The number of aliphatic hydroxyl groups excluding tert-OH is 1. The van der Waals surface area contributed by atoms with Crippen LogP contribution in [0.3, 0.4) is 0 Å². The maximum absolute atomic E-state index is 11.4. The van der Waals surface area contributed by atoms with Crippen LogP contribution in [0.4, 0.5) is 0 Å². The minimum atomic E-state index is -0.0198. The van der Waals surface area contributed by atoms with Gasteiger partial charge in [0.15, 0.2) is 0 Å². The molecule has 80 valence electrons. The van der Waals surface area contributed by atoms with Crippen LogP contribution >= 0.6 is 0 Å². The van der Waals surface area contributed by atoms with Gasteiger partial charge in [-0.05, 0) is 12.8 Å². The summed E-state index contributed by atoms with van der Waals surface area (Å²) in [4.78, 5) is 25.7. The molecular weight excluding hydrogens is 184 g/mol. The monoisotopic (exact) mass is 200 g/mol. The summed E-state index contributed by atoms with van der Waals surface area (Å²) < 4.78 is 0. The molecule has 0 spiro atoms. The van der Waals surface area contributed by atoms with Gasteiger partial charge in [-0.15, -0.1) is 0 Å². The second kappa shape index (κ2) is 4.95. The van der Waals surface area contributed by atoms with Crippen molar-refractivity contribution in [2.45, 2.75) is 12.8 Å². The van der Waals surface area contributed by atoms with Crippen LogP contribution in [0.5, 0.6) is 0 Å². The van der Waals surface area contributed by atoms with Crippen molar-refractivity contribution < 1.29 is 14.7 Å². The molecular formula is C9H16N2O3. The van der Waals surface area contributed by atoms with Gasteiger partial charge >= 0.3 is 0 Å². The molecule has 1 aliphatic heterocycles. The van der Waals surface area contributed by atoms with Crippen LogP contribution in [0.15, 0.2) is 0 Å². The largest absolute Gasteiger partial charge is 0.396 e. The SMILES string of the molecule is CN1CC(=O)N(CCCCO)CC1=O. The average molecular weight is 200 g/mol. The molecule has 0 saturated carbocycles. The van der Waals surface area contributed by atoms with E-state index < -0.39 is 0 Å². The molecule has 0 unspecified atom stereocenters. The van der Waals surface area contributed by atoms with Crippen LogP contribution in [-0.2, 0) is 9.59 Å². The summed E-state index contributed by atoms with van der Waals surface area (Å²) >= 11 is 0. The summed E-state index contributed by atoms with van der Waals surface area (Å²) in [5, 5.41) is 8.58. The minimum absolute atomic E-state index is 0.00922. The van der Waals surface area contributed by atoms with E-state index in [0.717, 1.165) is 6.42 Å². The fourth-order valence-corrected chi connectivity index (χ4v) is 1.38. The van der Waals surface area contributed by atoms with Gasteiger partial charge in [-0.2, -0.15) is 0 Å². The Balaban J connectivity index is 2.37. The molecule has 2 amide bonds. The number of unbranched alkanes of at least 4 members (excludes halogenated alkanes) is 1. The number of aliphatic hydroxyl groups is 1. The third kappa shape index (κ3) is 2.70. The molecule has 0 aromatic rings. The van der Waals surface area contributed by atoms with E-state index in [1.807, 2.05) is 0 Å². The van der Waals surface area contributed by atoms with Crippen molar-refractivity contribution in [1.29, 1.82) is 0 Å². The molecule has 1 heterocycles. The van der Waals surface area contributed by atoms with Crippen LogP contribution < -0.4 is 0 Å². The third-order valence-corrected chi connectivity index (χ3v) is 2.31. The Morgan fingerprint density at radius 1 is 1.21 bits per heavy atom. The molecule has 0 atom stereocenters. The van der Waals surface area contributed by atoms with Crippen molar-refractivity contribution in [2.24, 2.45) is 0 Å². The zero-order chi connectivity index (χ0) is 10.6. The first kappa shape index (κ1) is 11.0. The Bertz CT molecular complexity index is 230. The topological polar surface area (TPSA) is 60.9 Å². The Morgan fingerprint density at radius 3 is 2.57 bits per heavy atom. The molecule has 14 heavy (non-hydrogen) atoms. The van der Waals surface area contributed by atoms with Gasteiger partial charge < -0.3 is 14.9 Å². The van der Waals surface area contributed by atoms with Gasteiger partial charge in [0.2, 0.25) is 11.8 Å². The van der Waals surface area contributed by atoms with Crippen molar-refractivity contribution in [3.63, 3.8) is 0 Å². The van der Waals surface area contributed by atoms with Gasteiger partial charge in [-0.3, -0.25) is 9.59 Å². The Morgan fingerprint density at radius 2 is 1.93 bits per heavy atom. The van der Waals surface area contributed by atoms with Gasteiger partial charge in [0.05, 0.1) is 13.1 Å². The number of carbonyl (C=O) groups is 2. The first-order chi connectivity index (χ1) is 6.65. The van der Waals surface area contributed by atoms with E-state index in [2.05, 4.69) is 0 Å². The fraction of sp³-hybridized carbons (Fsp3) is 0.778. The molecule has 1 N–H and O–H groups in total. The van der Waals surface area contributed by atoms with Crippen molar-refractivity contribution in [2.75, 3.05) is 33.3 Å². The summed E-state index contributed by atoms with van der Waals surface area (Å²) in [6, 6.07) is 0. The van der Waals surface area contributed by atoms with Gasteiger partial charge in [0, 0.05) is 20.2 Å². The van der Waals surface area contributed by atoms with E-state index in [9.17, 15) is 9.59 Å². The van der Waals surface area contributed by atoms with Crippen LogP contribution in [0.1, 0.15) is 12.8 Å². The summed E-state index contributed by atoms with van der Waals surface area (Å²) in [5.74, 6) is -0.0290. The van der Waals surface area contributed by atoms with Crippen molar-refractivity contribution in [3.8, 4) is 0 Å². The molecule has 1 fully saturated rings. The molecule has 0 aromatic carbocycles. The predicted molar refractivity (Wildman–Crippen MR) is 50.5 cm³/mol. The lowest BCUT2D eigenvalue weighted by molar-refractivity contribution is -0.148. The van der Waals surface area contributed by atoms with E-state index in [0.29, 0.717) is 13.0 Å². The minimum Gasteiger partial charge on any atom is -0.396 e. The maximum atomic E-state index is 11.4. The van der Waals surface area contributed by atoms with Crippen molar-refractivity contribution >= 4 is 11.8 Å². The van der Waals surface area contributed by atoms with Crippen LogP contribution in [0, 0.1) is 0 Å². The molecule has 1 saturated heterocycles. The first-order valence-corrected chi connectivity index (χ1v) is 4.77. The van der Waals surface area contributed by atoms with Crippen LogP contribution in [0.2, 0.25) is 0 Å². The maximum Gasteiger partial charge on any atom is 0.242 e. The smallest absolute Gasteiger partial charge is 0.242 e. The molecule has 1 aliphatic rings. The number of nitrogens with zero attached hydrogens (tertiary/aromatic N) is 2. The highest BCUT2D eigenvalue weighted by molar-refractivity contribution is 5.92. The second-order valence-electron chi connectivity index (χ2n) is 3.50. The number of hydrogen-bond donors (Lipinski definition) is 1. The lowest BCUT2D eigenvalue weighted by atomic mass is 10.2. The van der Waals surface area contributed by atoms with Crippen molar-refractivity contribution in [1.82, 2.24) is 9.80 Å². The van der Waals surface area contributed by atoms with E-state index in [1.165, 1.54) is 4.90 Å². The van der Waals surface area contributed by atoms with Gasteiger partial charge in [-0.25, -0.2) is 0 Å². The van der Waals surface area contributed by atoms with Gasteiger partial charge in [0.25, 0.3) is 0 Å². The highest BCUT2D eigenvalue weighted by atomic mass is 16.3. The third-order valence-electron chi connectivity index (χ3n) is 2.31. The zero-order valence-corrected chi connectivity index (χ0v) is 8.40. The highest BCUT2D eigenvalue weighted by Gasteiger charge is 2.26. The Hall–Kier alpha value is -1.10. The highest BCUT2D eigenvalue weighted by Crippen LogP contribution is 2.04. The summed E-state index contributed by atoms with van der Waals surface area (Å²) in [6.45, 7) is 1.06. The lowest BCUT2D eigenvalue weighted by Gasteiger charge is -2.31. The van der Waals surface area contributed by atoms with E-state index in [1.54, 1.807) is 11.9 Å². The number of amides is 2. The van der Waals surface area contributed by atoms with Gasteiger partial charge in [-0.1, -0.05) is 0 Å². The van der Waals surface area contributed by atoms with E-state index in [4.69, 9.17) is 5.11 Å². The van der Waals surface area contributed by atoms with E-state index >= 15 is 0 Å². The fourth-order valence-electron chi connectivity index (χ4n) is 1.38. The summed E-state index contributed by atoms with van der Waals surface area (Å²) in [7, 11) is 1.63. The summed E-state index contributed by atoms with van der Waals surface area (Å²) in [5.41, 5.74) is 0.